The number of hydrogen-bond donors (Lipinski definition) is 0. The second-order valence-electron chi connectivity index (χ2n) is 10.3. The Morgan fingerprint density at radius 2 is 1.95 bits per heavy atom. The summed E-state index contributed by atoms with van der Waals surface area (Å²) in [7, 11) is -3.15. The van der Waals surface area contributed by atoms with Crippen LogP contribution in [-0.2, 0) is 25.8 Å². The van der Waals surface area contributed by atoms with Gasteiger partial charge in [0.25, 0.3) is 5.91 Å². The van der Waals surface area contributed by atoms with Gasteiger partial charge in [0.2, 0.25) is 6.79 Å². The maximum absolute atomic E-state index is 13.6. The zero-order valence-corrected chi connectivity index (χ0v) is 23.0. The molecule has 1 fully saturated rings. The van der Waals surface area contributed by atoms with Gasteiger partial charge < -0.3 is 19.1 Å². The monoisotopic (exact) mass is 562 g/mol. The number of benzene rings is 2. The molecule has 40 heavy (non-hydrogen) atoms. The van der Waals surface area contributed by atoms with Crippen molar-refractivity contribution in [1.29, 1.82) is 0 Å². The van der Waals surface area contributed by atoms with Crippen molar-refractivity contribution in [3.05, 3.63) is 64.8 Å². The van der Waals surface area contributed by atoms with Crippen molar-refractivity contribution < 1.29 is 32.2 Å². The van der Waals surface area contributed by atoms with E-state index in [1.54, 1.807) is 6.92 Å². The van der Waals surface area contributed by atoms with E-state index in [2.05, 4.69) is 6.08 Å². The number of para-hydroxylation sites is 1. The lowest BCUT2D eigenvalue weighted by Crippen LogP contribution is -2.43. The number of fused-ring (bicyclic) bond motifs is 3. The highest BCUT2D eigenvalue weighted by Gasteiger charge is 2.34. The minimum Gasteiger partial charge on any atom is -0.454 e. The van der Waals surface area contributed by atoms with E-state index in [0.717, 1.165) is 35.2 Å². The molecular weight excluding hydrogens is 532 g/mol. The van der Waals surface area contributed by atoms with Crippen LogP contribution in [0.5, 0.6) is 11.5 Å². The molecule has 1 amide bonds. The topological polar surface area (TPSA) is 112 Å². The van der Waals surface area contributed by atoms with E-state index in [9.17, 15) is 18.0 Å². The summed E-state index contributed by atoms with van der Waals surface area (Å²) in [6, 6.07) is 12.8. The zero-order chi connectivity index (χ0) is 27.9. The summed E-state index contributed by atoms with van der Waals surface area (Å²) in [4.78, 5) is 33.1. The van der Waals surface area contributed by atoms with Gasteiger partial charge in [0.15, 0.2) is 27.9 Å². The highest BCUT2D eigenvalue weighted by atomic mass is 32.2. The summed E-state index contributed by atoms with van der Waals surface area (Å²) in [5.41, 5.74) is 4.62. The molecule has 1 atom stereocenters. The maximum Gasteiger partial charge on any atom is 0.339 e. The summed E-state index contributed by atoms with van der Waals surface area (Å²) in [5, 5.41) is 0.678. The Hall–Kier alpha value is -3.92. The van der Waals surface area contributed by atoms with E-state index in [1.165, 1.54) is 4.90 Å². The molecule has 6 rings (SSSR count). The van der Waals surface area contributed by atoms with Crippen LogP contribution in [-0.4, -0.2) is 67.7 Å². The molecule has 1 aromatic heterocycles. The number of ether oxygens (including phenoxy) is 3. The molecule has 10 heteroatoms. The van der Waals surface area contributed by atoms with Crippen LogP contribution in [0.1, 0.15) is 53.4 Å². The smallest absolute Gasteiger partial charge is 0.339 e. The molecule has 0 unspecified atom stereocenters. The van der Waals surface area contributed by atoms with E-state index in [0.29, 0.717) is 47.4 Å². The fourth-order valence-corrected chi connectivity index (χ4v) is 7.58. The fraction of sp³-hybridized carbons (Fsp3) is 0.367. The van der Waals surface area contributed by atoms with E-state index in [-0.39, 0.29) is 24.3 Å². The molecule has 1 saturated heterocycles. The van der Waals surface area contributed by atoms with E-state index < -0.39 is 28.3 Å². The number of hydrogen-bond acceptors (Lipinski definition) is 8. The molecule has 9 nitrogen and oxygen atoms in total. The standard InChI is InChI=1S/C30H30N2O7S/c1-2-32(21-12-13-40(35,36)17-21)27(33)16-37-30(34)28-22-7-3-4-9-24(22)31-29-20(6-5-8-23(28)29)14-19-10-11-25-26(15-19)39-18-38-25/h3-4,7,9-11,14-15,21H,2,5-6,8,12-13,16-18H2,1H3/b20-14+/t21-/m0/s1. The number of pyridine rings is 1. The lowest BCUT2D eigenvalue weighted by molar-refractivity contribution is -0.136. The minimum absolute atomic E-state index is 0.0541. The molecule has 0 radical (unpaired) electrons. The average molecular weight is 563 g/mol. The van der Waals surface area contributed by atoms with Gasteiger partial charge in [0.05, 0.1) is 28.3 Å². The first-order valence-electron chi connectivity index (χ1n) is 13.5. The summed E-state index contributed by atoms with van der Waals surface area (Å²) in [6.45, 7) is 1.90. The molecule has 0 spiro atoms. The third-order valence-corrected chi connectivity index (χ3v) is 9.50. The second-order valence-corrected chi connectivity index (χ2v) is 12.5. The number of likely N-dealkylation sites (N-methyl/N-ethyl adjacent to an activating group) is 1. The van der Waals surface area contributed by atoms with Crippen LogP contribution in [0.2, 0.25) is 0 Å². The number of rotatable bonds is 6. The Labute approximate surface area is 232 Å². The summed E-state index contributed by atoms with van der Waals surface area (Å²) in [6.07, 6.45) is 4.76. The van der Waals surface area contributed by atoms with E-state index >= 15 is 0 Å². The number of sulfone groups is 1. The molecule has 3 heterocycles. The molecule has 3 aliphatic rings. The first-order chi connectivity index (χ1) is 19.3. The van der Waals surface area contributed by atoms with Crippen molar-refractivity contribution in [2.24, 2.45) is 0 Å². The number of amides is 1. The van der Waals surface area contributed by atoms with Gasteiger partial charge in [-0.25, -0.2) is 18.2 Å². The lowest BCUT2D eigenvalue weighted by atomic mass is 9.86. The Balaban J connectivity index is 1.30. The highest BCUT2D eigenvalue weighted by Crippen LogP contribution is 2.38. The summed E-state index contributed by atoms with van der Waals surface area (Å²) >= 11 is 0. The number of nitrogens with zero attached hydrogens (tertiary/aromatic N) is 2. The number of allylic oxidation sites excluding steroid dienone is 1. The third kappa shape index (κ3) is 5.03. The lowest BCUT2D eigenvalue weighted by Gasteiger charge is -2.27. The van der Waals surface area contributed by atoms with E-state index in [4.69, 9.17) is 19.2 Å². The summed E-state index contributed by atoms with van der Waals surface area (Å²) in [5.74, 6) is 0.449. The number of carbonyl (C=O) groups is 2. The predicted octanol–water partition coefficient (Wildman–Crippen LogP) is 4.03. The van der Waals surface area contributed by atoms with Gasteiger partial charge in [0.1, 0.15) is 0 Å². The molecule has 2 aliphatic heterocycles. The maximum atomic E-state index is 13.6. The quantitative estimate of drug-likeness (QED) is 0.414. The van der Waals surface area contributed by atoms with Crippen LogP contribution in [0.4, 0.5) is 0 Å². The Morgan fingerprint density at radius 3 is 2.75 bits per heavy atom. The van der Waals surface area contributed by atoms with Crippen LogP contribution >= 0.6 is 0 Å². The highest BCUT2D eigenvalue weighted by molar-refractivity contribution is 7.91. The van der Waals surface area contributed by atoms with Gasteiger partial charge in [-0.2, -0.15) is 0 Å². The van der Waals surface area contributed by atoms with Crippen LogP contribution in [0.25, 0.3) is 22.6 Å². The van der Waals surface area contributed by atoms with Gasteiger partial charge >= 0.3 is 5.97 Å². The Kier molecular flexibility index (Phi) is 6.95. The molecule has 0 N–H and O–H groups in total. The predicted molar refractivity (Wildman–Crippen MR) is 150 cm³/mol. The first-order valence-corrected chi connectivity index (χ1v) is 15.3. The number of esters is 1. The number of aromatic nitrogens is 1. The van der Waals surface area contributed by atoms with Crippen LogP contribution in [0.3, 0.4) is 0 Å². The van der Waals surface area contributed by atoms with Gasteiger partial charge in [-0.1, -0.05) is 24.3 Å². The summed E-state index contributed by atoms with van der Waals surface area (Å²) < 4.78 is 40.4. The first kappa shape index (κ1) is 26.3. The molecule has 0 bridgehead atoms. The molecule has 0 saturated carbocycles. The van der Waals surface area contributed by atoms with Crippen LogP contribution < -0.4 is 9.47 Å². The molecular formula is C30H30N2O7S. The Morgan fingerprint density at radius 1 is 1.12 bits per heavy atom. The minimum atomic E-state index is -3.15. The SMILES string of the molecule is CCN(C(=O)COC(=O)c1c2c(nc3ccccc13)/C(=C/c1ccc3c(c1)OCO3)CCC2)[C@H]1CCS(=O)(=O)C1. The fourth-order valence-electron chi connectivity index (χ4n) is 5.85. The molecule has 208 valence electrons. The third-order valence-electron chi connectivity index (χ3n) is 7.75. The second kappa shape index (κ2) is 10.6. The largest absolute Gasteiger partial charge is 0.454 e. The molecule has 2 aromatic carbocycles. The van der Waals surface area contributed by atoms with Crippen LogP contribution in [0, 0.1) is 0 Å². The van der Waals surface area contributed by atoms with Crippen molar-refractivity contribution in [2.75, 3.05) is 31.5 Å². The number of carbonyl (C=O) groups excluding carboxylic acids is 2. The molecule has 3 aromatic rings. The Bertz CT molecular complexity index is 1650. The van der Waals surface area contributed by atoms with Crippen LogP contribution in [0.15, 0.2) is 42.5 Å². The van der Waals surface area contributed by atoms with Crippen molar-refractivity contribution in [3.8, 4) is 11.5 Å². The zero-order valence-electron chi connectivity index (χ0n) is 22.2. The normalized spacial score (nSPS) is 19.9. The van der Waals surface area contributed by atoms with Crippen molar-refractivity contribution in [3.63, 3.8) is 0 Å². The van der Waals surface area contributed by atoms with Crippen molar-refractivity contribution in [1.82, 2.24) is 9.88 Å². The average Bonchev–Trinajstić information content (AvgIpc) is 3.56. The van der Waals surface area contributed by atoms with Crippen molar-refractivity contribution in [2.45, 2.75) is 38.6 Å². The van der Waals surface area contributed by atoms with E-state index in [1.807, 2.05) is 42.5 Å². The van der Waals surface area contributed by atoms with Gasteiger partial charge in [-0.15, -0.1) is 0 Å². The van der Waals surface area contributed by atoms with Gasteiger partial charge in [-0.3, -0.25) is 4.79 Å². The van der Waals surface area contributed by atoms with Gasteiger partial charge in [0, 0.05) is 18.0 Å². The van der Waals surface area contributed by atoms with Crippen molar-refractivity contribution >= 4 is 44.3 Å². The molecule has 1 aliphatic carbocycles. The van der Waals surface area contributed by atoms with Gasteiger partial charge in [-0.05, 0) is 73.6 Å².